The van der Waals surface area contributed by atoms with Crippen molar-refractivity contribution < 1.29 is 18.0 Å². The molecule has 0 saturated carbocycles. The number of hydrogen-bond donors (Lipinski definition) is 2. The van der Waals surface area contributed by atoms with Crippen molar-refractivity contribution in [2.75, 3.05) is 39.3 Å². The van der Waals surface area contributed by atoms with E-state index < -0.39 is 5.51 Å². The Hall–Kier alpha value is -0.960. The van der Waals surface area contributed by atoms with E-state index in [0.29, 0.717) is 12.1 Å². The molecule has 0 spiro atoms. The van der Waals surface area contributed by atoms with Gasteiger partial charge in [0.15, 0.2) is 0 Å². The van der Waals surface area contributed by atoms with E-state index in [1.54, 1.807) is 0 Å². The highest BCUT2D eigenvalue weighted by atomic mass is 35.5. The number of piperazine rings is 1. The first-order valence-electron chi connectivity index (χ1n) is 7.01. The van der Waals surface area contributed by atoms with E-state index in [0.717, 1.165) is 32.7 Å². The van der Waals surface area contributed by atoms with Crippen LogP contribution in [-0.4, -0.2) is 55.6 Å². The van der Waals surface area contributed by atoms with Crippen LogP contribution in [0.4, 0.5) is 13.2 Å². The van der Waals surface area contributed by atoms with E-state index in [4.69, 9.17) is 0 Å². The van der Waals surface area contributed by atoms with E-state index in [1.807, 2.05) is 0 Å². The van der Waals surface area contributed by atoms with Crippen molar-refractivity contribution in [3.63, 3.8) is 0 Å². The van der Waals surface area contributed by atoms with E-state index >= 15 is 0 Å². The number of hydrogen-bond acceptors (Lipinski definition) is 4. The number of benzene rings is 1. The molecule has 1 aromatic rings. The second-order valence-electron chi connectivity index (χ2n) is 4.92. The second-order valence-corrected chi connectivity index (χ2v) is 6.06. The van der Waals surface area contributed by atoms with Gasteiger partial charge in [-0.3, -0.25) is 9.69 Å². The first-order chi connectivity index (χ1) is 10.4. The molecule has 1 fully saturated rings. The van der Waals surface area contributed by atoms with Gasteiger partial charge in [0.05, 0.1) is 0 Å². The average molecular weight is 370 g/mol. The Balaban J connectivity index is 0.00000264. The zero-order valence-electron chi connectivity index (χ0n) is 12.4. The van der Waals surface area contributed by atoms with Crippen molar-refractivity contribution in [3.8, 4) is 0 Å². The van der Waals surface area contributed by atoms with Crippen LogP contribution in [0.1, 0.15) is 10.4 Å². The van der Waals surface area contributed by atoms with Crippen LogP contribution < -0.4 is 10.6 Å². The fraction of sp³-hybridized carbons (Fsp3) is 0.500. The minimum absolute atomic E-state index is 0. The number of amides is 1. The van der Waals surface area contributed by atoms with Crippen LogP contribution in [0.15, 0.2) is 29.2 Å². The fourth-order valence-corrected chi connectivity index (χ4v) is 2.71. The number of alkyl halides is 3. The lowest BCUT2D eigenvalue weighted by atomic mass is 10.2. The molecule has 9 heteroatoms. The SMILES string of the molecule is Cl.O=C(NCCN1CCNCC1)c1ccc(SC(F)(F)F)cc1. The summed E-state index contributed by atoms with van der Waals surface area (Å²) in [7, 11) is 0. The summed E-state index contributed by atoms with van der Waals surface area (Å²) in [4.78, 5) is 14.2. The summed E-state index contributed by atoms with van der Waals surface area (Å²) in [6.07, 6.45) is 0. The molecule has 0 atom stereocenters. The molecule has 130 valence electrons. The quantitative estimate of drug-likeness (QED) is 0.782. The third-order valence-corrected chi connectivity index (χ3v) is 4.01. The third kappa shape index (κ3) is 7.43. The van der Waals surface area contributed by atoms with E-state index in [1.165, 1.54) is 24.3 Å². The van der Waals surface area contributed by atoms with Gasteiger partial charge in [0.2, 0.25) is 0 Å². The molecule has 4 nitrogen and oxygen atoms in total. The van der Waals surface area contributed by atoms with Gasteiger partial charge in [-0.05, 0) is 36.0 Å². The molecule has 1 aromatic carbocycles. The van der Waals surface area contributed by atoms with E-state index in [-0.39, 0.29) is 35.0 Å². The zero-order chi connectivity index (χ0) is 16.0. The number of carbonyl (C=O) groups excluding carboxylic acids is 1. The van der Waals surface area contributed by atoms with Gasteiger partial charge in [0.25, 0.3) is 5.91 Å². The Labute approximate surface area is 143 Å². The Kier molecular flexibility index (Phi) is 8.18. The molecule has 0 aromatic heterocycles. The van der Waals surface area contributed by atoms with Crippen LogP contribution in [-0.2, 0) is 0 Å². The molecule has 2 rings (SSSR count). The standard InChI is InChI=1S/C14H18F3N3OS.ClH/c15-14(16,17)22-12-3-1-11(2-4-12)13(21)19-7-10-20-8-5-18-6-9-20;/h1-4,18H,5-10H2,(H,19,21);1H. The van der Waals surface area contributed by atoms with Crippen LogP contribution >= 0.6 is 24.2 Å². The fourth-order valence-electron chi connectivity index (χ4n) is 2.17. The topological polar surface area (TPSA) is 44.4 Å². The number of carbonyl (C=O) groups is 1. The minimum atomic E-state index is -4.31. The van der Waals surface area contributed by atoms with Gasteiger partial charge in [-0.25, -0.2) is 0 Å². The summed E-state index contributed by atoms with van der Waals surface area (Å²) in [5.41, 5.74) is -3.94. The van der Waals surface area contributed by atoms with Crippen molar-refractivity contribution in [2.24, 2.45) is 0 Å². The van der Waals surface area contributed by atoms with Crippen molar-refractivity contribution in [1.82, 2.24) is 15.5 Å². The van der Waals surface area contributed by atoms with Gasteiger partial charge in [0.1, 0.15) is 0 Å². The Morgan fingerprint density at radius 3 is 2.39 bits per heavy atom. The molecule has 0 unspecified atom stereocenters. The average Bonchev–Trinajstić information content (AvgIpc) is 2.47. The summed E-state index contributed by atoms with van der Waals surface area (Å²) < 4.78 is 36.7. The van der Waals surface area contributed by atoms with Crippen LogP contribution in [0, 0.1) is 0 Å². The second kappa shape index (κ2) is 9.36. The first kappa shape index (κ1) is 20.1. The van der Waals surface area contributed by atoms with E-state index in [2.05, 4.69) is 15.5 Å². The summed E-state index contributed by atoms with van der Waals surface area (Å²) in [5.74, 6) is -0.265. The maximum atomic E-state index is 12.2. The number of rotatable bonds is 5. The normalized spacial score (nSPS) is 15.8. The lowest BCUT2D eigenvalue weighted by Crippen LogP contribution is -2.46. The van der Waals surface area contributed by atoms with Crippen LogP contribution in [0.3, 0.4) is 0 Å². The smallest absolute Gasteiger partial charge is 0.351 e. The highest BCUT2D eigenvalue weighted by molar-refractivity contribution is 8.00. The molecule has 1 aliphatic rings. The molecular formula is C14H19ClF3N3OS. The molecule has 1 saturated heterocycles. The predicted molar refractivity (Wildman–Crippen MR) is 87.2 cm³/mol. The molecule has 1 amide bonds. The predicted octanol–water partition coefficient (Wildman–Crippen LogP) is 2.36. The number of nitrogens with zero attached hydrogens (tertiary/aromatic N) is 1. The Morgan fingerprint density at radius 2 is 1.83 bits per heavy atom. The van der Waals surface area contributed by atoms with Gasteiger partial charge < -0.3 is 10.6 Å². The highest BCUT2D eigenvalue weighted by Gasteiger charge is 2.29. The summed E-state index contributed by atoms with van der Waals surface area (Å²) in [6.45, 7) is 5.12. The van der Waals surface area contributed by atoms with E-state index in [9.17, 15) is 18.0 Å². The molecule has 23 heavy (non-hydrogen) atoms. The highest BCUT2D eigenvalue weighted by Crippen LogP contribution is 2.36. The van der Waals surface area contributed by atoms with Gasteiger partial charge in [-0.2, -0.15) is 13.2 Å². The van der Waals surface area contributed by atoms with Crippen LogP contribution in [0.5, 0.6) is 0 Å². The molecule has 0 radical (unpaired) electrons. The Bertz CT molecular complexity index is 493. The molecule has 0 bridgehead atoms. The van der Waals surface area contributed by atoms with Crippen LogP contribution in [0.25, 0.3) is 0 Å². The molecular weight excluding hydrogens is 351 g/mol. The summed E-state index contributed by atoms with van der Waals surface area (Å²) in [6, 6.07) is 5.44. The van der Waals surface area contributed by atoms with Crippen molar-refractivity contribution in [3.05, 3.63) is 29.8 Å². The molecule has 1 heterocycles. The van der Waals surface area contributed by atoms with Gasteiger partial charge >= 0.3 is 5.51 Å². The monoisotopic (exact) mass is 369 g/mol. The Morgan fingerprint density at radius 1 is 1.22 bits per heavy atom. The zero-order valence-corrected chi connectivity index (χ0v) is 14.0. The summed E-state index contributed by atoms with van der Waals surface area (Å²) in [5, 5.41) is 6.03. The van der Waals surface area contributed by atoms with Crippen molar-refractivity contribution in [1.29, 1.82) is 0 Å². The number of nitrogens with one attached hydrogen (secondary N) is 2. The molecule has 2 N–H and O–H groups in total. The first-order valence-corrected chi connectivity index (χ1v) is 7.83. The van der Waals surface area contributed by atoms with Gasteiger partial charge in [0, 0.05) is 49.7 Å². The third-order valence-electron chi connectivity index (χ3n) is 3.27. The van der Waals surface area contributed by atoms with Gasteiger partial charge in [-0.1, -0.05) is 0 Å². The number of halogens is 4. The maximum Gasteiger partial charge on any atom is 0.446 e. The van der Waals surface area contributed by atoms with Crippen molar-refractivity contribution in [2.45, 2.75) is 10.4 Å². The lowest BCUT2D eigenvalue weighted by Gasteiger charge is -2.27. The van der Waals surface area contributed by atoms with Crippen molar-refractivity contribution >= 4 is 30.1 Å². The van der Waals surface area contributed by atoms with Gasteiger partial charge in [-0.15, -0.1) is 12.4 Å². The minimum Gasteiger partial charge on any atom is -0.351 e. The molecule has 1 aliphatic heterocycles. The number of thioether (sulfide) groups is 1. The largest absolute Gasteiger partial charge is 0.446 e. The maximum absolute atomic E-state index is 12.2. The molecule has 0 aliphatic carbocycles. The van der Waals surface area contributed by atoms with Crippen LogP contribution in [0.2, 0.25) is 0 Å². The summed E-state index contributed by atoms with van der Waals surface area (Å²) >= 11 is -0.186. The lowest BCUT2D eigenvalue weighted by molar-refractivity contribution is -0.0328.